The summed E-state index contributed by atoms with van der Waals surface area (Å²) in [4.78, 5) is 11.6. The van der Waals surface area contributed by atoms with Gasteiger partial charge in [-0.2, -0.15) is 0 Å². The van der Waals surface area contributed by atoms with Crippen molar-refractivity contribution in [3.05, 3.63) is 34.3 Å². The number of nitrogens with one attached hydrogen (secondary N) is 1. The van der Waals surface area contributed by atoms with Gasteiger partial charge in [-0.1, -0.05) is 40.1 Å². The Labute approximate surface area is 102 Å². The molecule has 0 aliphatic rings. The third-order valence-electron chi connectivity index (χ3n) is 1.97. The van der Waals surface area contributed by atoms with Crippen LogP contribution >= 0.6 is 15.9 Å². The van der Waals surface area contributed by atoms with Crippen LogP contribution in [-0.2, 0) is 4.79 Å². The van der Waals surface area contributed by atoms with Crippen molar-refractivity contribution in [3.63, 3.8) is 0 Å². The van der Waals surface area contributed by atoms with Crippen LogP contribution in [0, 0.1) is 0 Å². The van der Waals surface area contributed by atoms with Gasteiger partial charge in [0.15, 0.2) is 5.71 Å². The van der Waals surface area contributed by atoms with Crippen molar-refractivity contribution < 1.29 is 10.0 Å². The normalized spacial score (nSPS) is 11.2. The van der Waals surface area contributed by atoms with Crippen LogP contribution in [0.1, 0.15) is 18.9 Å². The van der Waals surface area contributed by atoms with Crippen molar-refractivity contribution in [1.29, 1.82) is 0 Å². The van der Waals surface area contributed by atoms with Crippen LogP contribution in [0.2, 0.25) is 0 Å². The molecular formula is C11H13BrN2O2. The molecule has 5 heteroatoms. The van der Waals surface area contributed by atoms with Gasteiger partial charge in [0.1, 0.15) is 0 Å². The monoisotopic (exact) mass is 284 g/mol. The van der Waals surface area contributed by atoms with Crippen LogP contribution in [0.15, 0.2) is 33.9 Å². The standard InChI is InChI=1S/C11H13BrN2O2/c1-2-7-13-11(15)10(14-16)8-3-5-9(12)6-4-8/h3-6,16H,2,7H2,1H3,(H,13,15)/b14-10+. The largest absolute Gasteiger partial charge is 0.410 e. The second kappa shape index (κ2) is 6.27. The Morgan fingerprint density at radius 2 is 2.06 bits per heavy atom. The van der Waals surface area contributed by atoms with Gasteiger partial charge in [-0.3, -0.25) is 4.79 Å². The van der Waals surface area contributed by atoms with Gasteiger partial charge in [0.25, 0.3) is 5.91 Å². The highest BCUT2D eigenvalue weighted by Gasteiger charge is 2.13. The molecule has 0 aliphatic carbocycles. The molecule has 0 aromatic heterocycles. The van der Waals surface area contributed by atoms with E-state index in [0.717, 1.165) is 10.9 Å². The molecule has 2 N–H and O–H groups in total. The highest BCUT2D eigenvalue weighted by atomic mass is 79.9. The highest BCUT2D eigenvalue weighted by Crippen LogP contribution is 2.11. The molecular weight excluding hydrogens is 272 g/mol. The summed E-state index contributed by atoms with van der Waals surface area (Å²) in [5.41, 5.74) is 0.611. The third-order valence-corrected chi connectivity index (χ3v) is 2.50. The molecule has 0 bridgehead atoms. The van der Waals surface area contributed by atoms with E-state index in [1.54, 1.807) is 24.3 Å². The van der Waals surface area contributed by atoms with Gasteiger partial charge in [0.05, 0.1) is 0 Å². The molecule has 0 fully saturated rings. The fourth-order valence-corrected chi connectivity index (χ4v) is 1.43. The van der Waals surface area contributed by atoms with Crippen molar-refractivity contribution in [2.24, 2.45) is 5.16 Å². The Balaban J connectivity index is 2.83. The minimum absolute atomic E-state index is 0.0287. The molecule has 0 aliphatic heterocycles. The van der Waals surface area contributed by atoms with Crippen LogP contribution in [0.4, 0.5) is 0 Å². The van der Waals surface area contributed by atoms with Crippen LogP contribution in [0.5, 0.6) is 0 Å². The molecule has 1 aromatic carbocycles. The minimum atomic E-state index is -0.369. The molecule has 0 radical (unpaired) electrons. The van der Waals surface area contributed by atoms with Crippen molar-refractivity contribution >= 4 is 27.5 Å². The van der Waals surface area contributed by atoms with E-state index in [4.69, 9.17) is 5.21 Å². The fraction of sp³-hybridized carbons (Fsp3) is 0.273. The summed E-state index contributed by atoms with van der Waals surface area (Å²) in [6, 6.07) is 7.00. The average molecular weight is 285 g/mol. The molecule has 0 spiro atoms. The number of benzene rings is 1. The van der Waals surface area contributed by atoms with Gasteiger partial charge >= 0.3 is 0 Å². The lowest BCUT2D eigenvalue weighted by atomic mass is 10.1. The molecule has 0 atom stereocenters. The van der Waals surface area contributed by atoms with Crippen LogP contribution in [0.3, 0.4) is 0 Å². The van der Waals surface area contributed by atoms with E-state index < -0.39 is 0 Å². The van der Waals surface area contributed by atoms with E-state index in [2.05, 4.69) is 26.4 Å². The summed E-state index contributed by atoms with van der Waals surface area (Å²) in [6.07, 6.45) is 0.838. The van der Waals surface area contributed by atoms with Crippen LogP contribution in [0.25, 0.3) is 0 Å². The Hall–Kier alpha value is -1.36. The lowest BCUT2D eigenvalue weighted by molar-refractivity contribution is -0.114. The lowest BCUT2D eigenvalue weighted by Crippen LogP contribution is -2.32. The first-order valence-corrected chi connectivity index (χ1v) is 5.74. The third kappa shape index (κ3) is 3.34. The topological polar surface area (TPSA) is 61.7 Å². The summed E-state index contributed by atoms with van der Waals surface area (Å²) in [7, 11) is 0. The van der Waals surface area contributed by atoms with Gasteiger partial charge in [0, 0.05) is 16.6 Å². The van der Waals surface area contributed by atoms with Crippen molar-refractivity contribution in [2.75, 3.05) is 6.54 Å². The van der Waals surface area contributed by atoms with E-state index >= 15 is 0 Å². The Bertz CT molecular complexity index is 387. The van der Waals surface area contributed by atoms with Crippen molar-refractivity contribution in [2.45, 2.75) is 13.3 Å². The summed E-state index contributed by atoms with van der Waals surface area (Å²) in [6.45, 7) is 2.52. The molecule has 0 saturated carbocycles. The van der Waals surface area contributed by atoms with E-state index in [1.165, 1.54) is 0 Å². The van der Waals surface area contributed by atoms with E-state index in [1.807, 2.05) is 6.92 Å². The molecule has 1 rings (SSSR count). The number of halogens is 1. The van der Waals surface area contributed by atoms with E-state index in [9.17, 15) is 4.79 Å². The number of hydrogen-bond acceptors (Lipinski definition) is 3. The smallest absolute Gasteiger partial charge is 0.273 e. The first-order chi connectivity index (χ1) is 7.69. The Morgan fingerprint density at radius 1 is 1.44 bits per heavy atom. The number of rotatable bonds is 4. The summed E-state index contributed by atoms with van der Waals surface area (Å²) in [5.74, 6) is -0.369. The van der Waals surface area contributed by atoms with Crippen molar-refractivity contribution in [1.82, 2.24) is 5.32 Å². The summed E-state index contributed by atoms with van der Waals surface area (Å²) in [5, 5.41) is 14.5. The van der Waals surface area contributed by atoms with Crippen molar-refractivity contribution in [3.8, 4) is 0 Å². The first-order valence-electron chi connectivity index (χ1n) is 4.95. The molecule has 16 heavy (non-hydrogen) atoms. The Kier molecular flexibility index (Phi) is 4.98. The number of amides is 1. The number of carbonyl (C=O) groups is 1. The van der Waals surface area contributed by atoms with E-state index in [0.29, 0.717) is 12.1 Å². The molecule has 0 unspecified atom stereocenters. The molecule has 1 aromatic rings. The molecule has 0 heterocycles. The molecule has 0 saturated heterocycles. The predicted octanol–water partition coefficient (Wildman–Crippen LogP) is 2.15. The predicted molar refractivity (Wildman–Crippen MR) is 65.8 cm³/mol. The average Bonchev–Trinajstić information content (AvgIpc) is 2.30. The zero-order valence-corrected chi connectivity index (χ0v) is 10.5. The van der Waals surface area contributed by atoms with Gasteiger partial charge < -0.3 is 10.5 Å². The lowest BCUT2D eigenvalue weighted by Gasteiger charge is -2.05. The second-order valence-corrected chi connectivity index (χ2v) is 4.13. The maximum atomic E-state index is 11.6. The Morgan fingerprint density at radius 3 is 2.56 bits per heavy atom. The van der Waals surface area contributed by atoms with Gasteiger partial charge in [-0.05, 0) is 18.6 Å². The minimum Gasteiger partial charge on any atom is -0.410 e. The maximum absolute atomic E-state index is 11.6. The SMILES string of the molecule is CCCNC(=O)/C(=N/O)c1ccc(Br)cc1. The highest BCUT2D eigenvalue weighted by molar-refractivity contribution is 9.10. The number of carbonyl (C=O) groups excluding carboxylic acids is 1. The van der Waals surface area contributed by atoms with Gasteiger partial charge in [-0.15, -0.1) is 0 Å². The quantitative estimate of drug-likeness (QED) is 0.506. The summed E-state index contributed by atoms with van der Waals surface area (Å²) < 4.78 is 0.905. The van der Waals surface area contributed by atoms with Crippen LogP contribution in [-0.4, -0.2) is 23.4 Å². The van der Waals surface area contributed by atoms with Gasteiger partial charge in [-0.25, -0.2) is 0 Å². The zero-order valence-electron chi connectivity index (χ0n) is 8.90. The maximum Gasteiger partial charge on any atom is 0.273 e. The fourth-order valence-electron chi connectivity index (χ4n) is 1.16. The number of nitrogens with zero attached hydrogens (tertiary/aromatic N) is 1. The number of oxime groups is 1. The second-order valence-electron chi connectivity index (χ2n) is 3.21. The summed E-state index contributed by atoms with van der Waals surface area (Å²) >= 11 is 3.29. The first kappa shape index (κ1) is 12.7. The number of hydrogen-bond donors (Lipinski definition) is 2. The zero-order chi connectivity index (χ0) is 12.0. The van der Waals surface area contributed by atoms with Gasteiger partial charge in [0.2, 0.25) is 0 Å². The molecule has 86 valence electrons. The van der Waals surface area contributed by atoms with E-state index in [-0.39, 0.29) is 11.6 Å². The molecule has 4 nitrogen and oxygen atoms in total. The van der Waals surface area contributed by atoms with Crippen LogP contribution < -0.4 is 5.32 Å². The molecule has 1 amide bonds.